The van der Waals surface area contributed by atoms with Gasteiger partial charge in [-0.2, -0.15) is 0 Å². The first kappa shape index (κ1) is 46.6. The maximum atomic E-state index is 2.65. The number of anilines is 6. The van der Waals surface area contributed by atoms with Crippen molar-refractivity contribution < 1.29 is 0 Å². The highest BCUT2D eigenvalue weighted by molar-refractivity contribution is 6.17. The van der Waals surface area contributed by atoms with E-state index in [1.54, 1.807) is 0 Å². The van der Waals surface area contributed by atoms with E-state index in [9.17, 15) is 0 Å². The second-order valence-corrected chi connectivity index (χ2v) is 24.3. The fourth-order valence-corrected chi connectivity index (χ4v) is 12.6. The molecule has 10 aromatic carbocycles. The van der Waals surface area contributed by atoms with Gasteiger partial charge >= 0.3 is 0 Å². The molecule has 11 aromatic rings. The number of rotatable bonds is 8. The fourth-order valence-electron chi connectivity index (χ4n) is 12.6. The number of benzene rings is 10. The Labute approximate surface area is 443 Å². The van der Waals surface area contributed by atoms with Gasteiger partial charge in [0.25, 0.3) is 0 Å². The predicted octanol–water partition coefficient (Wildman–Crippen LogP) is 20.1. The maximum absolute atomic E-state index is 2.65. The maximum Gasteiger partial charge on any atom is 0.0582 e. The third-order valence-corrected chi connectivity index (χ3v) is 16.8. The van der Waals surface area contributed by atoms with Crippen LogP contribution < -0.4 is 9.80 Å². The normalized spacial score (nSPS) is 14.2. The van der Waals surface area contributed by atoms with Crippen molar-refractivity contribution in [2.45, 2.75) is 90.9 Å². The lowest BCUT2D eigenvalue weighted by molar-refractivity contribution is 0.590. The predicted molar refractivity (Wildman–Crippen MR) is 320 cm³/mol. The molecule has 0 aliphatic carbocycles. The number of fused-ring (bicyclic) bond motifs is 2. The summed E-state index contributed by atoms with van der Waals surface area (Å²) in [5.41, 5.74) is 23.5. The van der Waals surface area contributed by atoms with Crippen LogP contribution in [0.5, 0.6) is 0 Å². The minimum atomic E-state index is -0.257. The molecule has 2 aliphatic heterocycles. The minimum absolute atomic E-state index is 0.0597. The molecule has 3 heteroatoms. The van der Waals surface area contributed by atoms with E-state index < -0.39 is 0 Å². The summed E-state index contributed by atoms with van der Waals surface area (Å²) in [4.78, 5) is 4.79. The number of nitrogens with zero attached hydrogens (tertiary/aromatic N) is 3. The zero-order valence-corrected chi connectivity index (χ0v) is 45.0. The number of para-hydroxylation sites is 3. The van der Waals surface area contributed by atoms with E-state index in [2.05, 4.69) is 296 Å². The summed E-state index contributed by atoms with van der Waals surface area (Å²) in [6, 6.07) is 79.9. The Balaban J connectivity index is 1.00. The Hall–Kier alpha value is -8.14. The molecule has 368 valence electrons. The standard InChI is InChI=1S/C72H65N3/c1-69(2,3)49-30-36-54(37-31-49)73(51-20-13-11-14-21-51)53-34-28-46(29-35-53)47-42-59-60-43-48(45-64-67(60)75-66(59)63(44-47)71(7,8)61-26-19-27-62(68(61)75)72(64,9)10)56-40-41-65(58-25-18-17-24-57(56)58)74(52-22-15-12-16-23-52)55-38-32-50(33-39-55)70(4,5)6/h11-45H,1-10H3. The molecule has 0 radical (unpaired) electrons. The molecule has 0 amide bonds. The molecule has 0 fully saturated rings. The van der Waals surface area contributed by atoms with Gasteiger partial charge in [0.15, 0.2) is 0 Å². The SMILES string of the molecule is CC(C)(C)c1ccc(N(c2ccccc2)c2ccc(-c3cc4c5c(c3)c3cc(-c6ccc(N(c7ccccc7)c7ccc(C(C)(C)C)cc7)c7ccccc67)cc6c3n5-c3c(cccc3C6(C)C)C4(C)C)cc2)cc1. The smallest absolute Gasteiger partial charge is 0.0582 e. The van der Waals surface area contributed by atoms with E-state index in [0.717, 1.165) is 34.1 Å². The Kier molecular flexibility index (Phi) is 10.4. The van der Waals surface area contributed by atoms with E-state index in [4.69, 9.17) is 0 Å². The van der Waals surface area contributed by atoms with Crippen molar-refractivity contribution in [1.82, 2.24) is 4.57 Å². The Morgan fingerprint density at radius 3 is 1.28 bits per heavy atom. The van der Waals surface area contributed by atoms with E-state index in [0.29, 0.717) is 0 Å². The van der Waals surface area contributed by atoms with Crippen molar-refractivity contribution in [2.75, 3.05) is 9.80 Å². The van der Waals surface area contributed by atoms with Crippen LogP contribution in [0.3, 0.4) is 0 Å². The van der Waals surface area contributed by atoms with E-state index in [-0.39, 0.29) is 21.7 Å². The average Bonchev–Trinajstić information content (AvgIpc) is 3.74. The lowest BCUT2D eigenvalue weighted by atomic mass is 9.68. The van der Waals surface area contributed by atoms with Crippen LogP contribution in [-0.2, 0) is 21.7 Å². The molecule has 3 nitrogen and oxygen atoms in total. The average molecular weight is 972 g/mol. The van der Waals surface area contributed by atoms with Crippen molar-refractivity contribution in [3.63, 3.8) is 0 Å². The van der Waals surface area contributed by atoms with Crippen LogP contribution in [0, 0.1) is 0 Å². The molecule has 13 rings (SSSR count). The molecule has 75 heavy (non-hydrogen) atoms. The molecule has 3 heterocycles. The summed E-state index contributed by atoms with van der Waals surface area (Å²) in [6.45, 7) is 23.4. The largest absolute Gasteiger partial charge is 0.311 e. The molecule has 0 N–H and O–H groups in total. The second-order valence-electron chi connectivity index (χ2n) is 24.3. The van der Waals surface area contributed by atoms with Gasteiger partial charge in [0.1, 0.15) is 0 Å². The quantitative estimate of drug-likeness (QED) is 0.150. The van der Waals surface area contributed by atoms with Crippen molar-refractivity contribution in [1.29, 1.82) is 0 Å². The van der Waals surface area contributed by atoms with Gasteiger partial charge in [-0.05, 0) is 163 Å². The Bertz CT molecular complexity index is 4030. The zero-order valence-electron chi connectivity index (χ0n) is 45.0. The first-order valence-electron chi connectivity index (χ1n) is 26.8. The summed E-state index contributed by atoms with van der Waals surface area (Å²) in [5, 5.41) is 5.05. The molecule has 1 aromatic heterocycles. The molecule has 0 saturated carbocycles. The summed E-state index contributed by atoms with van der Waals surface area (Å²) in [6.07, 6.45) is 0. The van der Waals surface area contributed by atoms with Gasteiger partial charge < -0.3 is 14.4 Å². The second kappa shape index (κ2) is 16.7. The van der Waals surface area contributed by atoms with Crippen LogP contribution in [0.1, 0.15) is 103 Å². The van der Waals surface area contributed by atoms with Crippen LogP contribution in [-0.4, -0.2) is 4.57 Å². The molecule has 0 spiro atoms. The van der Waals surface area contributed by atoms with E-state index >= 15 is 0 Å². The van der Waals surface area contributed by atoms with Crippen molar-refractivity contribution in [3.05, 3.63) is 246 Å². The highest BCUT2D eigenvalue weighted by Gasteiger charge is 2.44. The van der Waals surface area contributed by atoms with Crippen molar-refractivity contribution in [3.8, 4) is 27.9 Å². The third-order valence-electron chi connectivity index (χ3n) is 16.8. The van der Waals surface area contributed by atoms with Crippen LogP contribution in [0.4, 0.5) is 34.1 Å². The van der Waals surface area contributed by atoms with Gasteiger partial charge in [0.2, 0.25) is 0 Å². The lowest BCUT2D eigenvalue weighted by Gasteiger charge is -2.42. The summed E-state index contributed by atoms with van der Waals surface area (Å²) in [7, 11) is 0. The molecule has 0 unspecified atom stereocenters. The summed E-state index contributed by atoms with van der Waals surface area (Å²) < 4.78 is 2.65. The number of hydrogen-bond acceptors (Lipinski definition) is 2. The summed E-state index contributed by atoms with van der Waals surface area (Å²) in [5.74, 6) is 0. The van der Waals surface area contributed by atoms with Gasteiger partial charge in [-0.25, -0.2) is 0 Å². The molecule has 0 bridgehead atoms. The lowest BCUT2D eigenvalue weighted by Crippen LogP contribution is -2.33. The molecular weight excluding hydrogens is 907 g/mol. The van der Waals surface area contributed by atoms with Gasteiger partial charge in [0, 0.05) is 55.4 Å². The van der Waals surface area contributed by atoms with Gasteiger partial charge in [0.05, 0.1) is 22.4 Å². The van der Waals surface area contributed by atoms with Crippen LogP contribution in [0.2, 0.25) is 0 Å². The van der Waals surface area contributed by atoms with Gasteiger partial charge in [-0.15, -0.1) is 0 Å². The third kappa shape index (κ3) is 7.30. The van der Waals surface area contributed by atoms with E-state index in [1.807, 2.05) is 0 Å². The topological polar surface area (TPSA) is 11.4 Å². The van der Waals surface area contributed by atoms with Gasteiger partial charge in [-0.1, -0.05) is 191 Å². The minimum Gasteiger partial charge on any atom is -0.311 e. The van der Waals surface area contributed by atoms with E-state index in [1.165, 1.54) is 93.9 Å². The molecule has 2 aliphatic rings. The monoisotopic (exact) mass is 972 g/mol. The van der Waals surface area contributed by atoms with Crippen LogP contribution >= 0.6 is 0 Å². The fraction of sp³-hybridized carbons (Fsp3) is 0.194. The zero-order chi connectivity index (χ0) is 51.8. The summed E-state index contributed by atoms with van der Waals surface area (Å²) >= 11 is 0. The molecule has 0 atom stereocenters. The van der Waals surface area contributed by atoms with Crippen molar-refractivity contribution in [2.24, 2.45) is 0 Å². The van der Waals surface area contributed by atoms with Gasteiger partial charge in [-0.3, -0.25) is 0 Å². The number of hydrogen-bond donors (Lipinski definition) is 0. The number of aromatic nitrogens is 1. The Morgan fingerprint density at radius 2 is 0.760 bits per heavy atom. The first-order valence-corrected chi connectivity index (χ1v) is 26.8. The van der Waals surface area contributed by atoms with Crippen LogP contribution in [0.15, 0.2) is 212 Å². The van der Waals surface area contributed by atoms with Crippen molar-refractivity contribution >= 4 is 66.7 Å². The highest BCUT2D eigenvalue weighted by Crippen LogP contribution is 2.57. The molecule has 0 saturated heterocycles. The molecular formula is C72H65N3. The highest BCUT2D eigenvalue weighted by atomic mass is 15.1. The van der Waals surface area contributed by atoms with Crippen LogP contribution in [0.25, 0.3) is 60.5 Å². The first-order chi connectivity index (χ1) is 36.0. The Morgan fingerprint density at radius 1 is 0.333 bits per heavy atom.